The topological polar surface area (TPSA) is 63.6 Å². The second-order valence-corrected chi connectivity index (χ2v) is 10.9. The van der Waals surface area contributed by atoms with Gasteiger partial charge in [-0.2, -0.15) is 8.42 Å². The first-order valence-electron chi connectivity index (χ1n) is 14.3. The highest BCUT2D eigenvalue weighted by Gasteiger charge is 2.11. The van der Waals surface area contributed by atoms with Crippen LogP contribution >= 0.6 is 0 Å². The van der Waals surface area contributed by atoms with E-state index in [2.05, 4.69) is 30.2 Å². The zero-order chi connectivity index (χ0) is 24.5. The predicted molar refractivity (Wildman–Crippen MR) is 143 cm³/mol. The van der Waals surface area contributed by atoms with Crippen molar-refractivity contribution in [3.05, 3.63) is 12.2 Å². The van der Waals surface area contributed by atoms with E-state index in [1.807, 2.05) is 0 Å². The van der Waals surface area contributed by atoms with Crippen LogP contribution in [0.5, 0.6) is 0 Å². The maximum absolute atomic E-state index is 10.9. The lowest BCUT2D eigenvalue weighted by Crippen LogP contribution is -2.12. The Labute approximate surface area is 207 Å². The van der Waals surface area contributed by atoms with Gasteiger partial charge in [0.2, 0.25) is 0 Å². The first kappa shape index (κ1) is 32.6. The SMILES string of the molecule is CCCCCCCCCCCCCCCCCC/C=C/C(CCCCCC)COS(=O)(=O)O. The fraction of sp³-hybridized carbons (Fsp3) is 0.929. The van der Waals surface area contributed by atoms with Crippen LogP contribution in [0.1, 0.15) is 155 Å². The summed E-state index contributed by atoms with van der Waals surface area (Å²) in [6.07, 6.45) is 32.9. The molecule has 0 heterocycles. The van der Waals surface area contributed by atoms with Crippen molar-refractivity contribution in [2.45, 2.75) is 155 Å². The summed E-state index contributed by atoms with van der Waals surface area (Å²) < 4.78 is 35.2. The van der Waals surface area contributed by atoms with Gasteiger partial charge in [-0.3, -0.25) is 4.55 Å². The largest absolute Gasteiger partial charge is 0.397 e. The lowest BCUT2D eigenvalue weighted by molar-refractivity contribution is 0.234. The van der Waals surface area contributed by atoms with Gasteiger partial charge in [0.15, 0.2) is 0 Å². The highest BCUT2D eigenvalue weighted by molar-refractivity contribution is 7.80. The van der Waals surface area contributed by atoms with E-state index in [-0.39, 0.29) is 12.5 Å². The highest BCUT2D eigenvalue weighted by atomic mass is 32.3. The fourth-order valence-corrected chi connectivity index (χ4v) is 4.69. The maximum Gasteiger partial charge on any atom is 0.397 e. The molecule has 5 heteroatoms. The monoisotopic (exact) mass is 488 g/mol. The molecule has 0 aliphatic heterocycles. The molecule has 0 saturated heterocycles. The Bertz CT molecular complexity index is 516. The average Bonchev–Trinajstić information content (AvgIpc) is 2.78. The van der Waals surface area contributed by atoms with Gasteiger partial charge in [-0.15, -0.1) is 0 Å². The van der Waals surface area contributed by atoms with E-state index in [4.69, 9.17) is 4.55 Å². The third kappa shape index (κ3) is 27.7. The van der Waals surface area contributed by atoms with Crippen LogP contribution in [0.2, 0.25) is 0 Å². The number of hydrogen-bond donors (Lipinski definition) is 1. The molecule has 1 unspecified atom stereocenters. The molecule has 0 aliphatic rings. The van der Waals surface area contributed by atoms with E-state index < -0.39 is 10.4 Å². The van der Waals surface area contributed by atoms with Gasteiger partial charge in [-0.1, -0.05) is 148 Å². The summed E-state index contributed by atoms with van der Waals surface area (Å²) in [7, 11) is -4.35. The van der Waals surface area contributed by atoms with Crippen molar-refractivity contribution in [2.75, 3.05) is 6.61 Å². The molecule has 0 amide bonds. The van der Waals surface area contributed by atoms with Crippen LogP contribution in [0.4, 0.5) is 0 Å². The molecule has 0 radical (unpaired) electrons. The summed E-state index contributed by atoms with van der Waals surface area (Å²) in [5, 5.41) is 0. The first-order valence-corrected chi connectivity index (χ1v) is 15.6. The van der Waals surface area contributed by atoms with Crippen LogP contribution in [-0.4, -0.2) is 19.6 Å². The van der Waals surface area contributed by atoms with E-state index in [0.717, 1.165) is 25.7 Å². The van der Waals surface area contributed by atoms with E-state index in [9.17, 15) is 8.42 Å². The van der Waals surface area contributed by atoms with E-state index in [1.54, 1.807) is 0 Å². The smallest absolute Gasteiger partial charge is 0.264 e. The zero-order valence-electron chi connectivity index (χ0n) is 22.1. The predicted octanol–water partition coefficient (Wildman–Crippen LogP) is 9.60. The molecule has 33 heavy (non-hydrogen) atoms. The molecule has 0 saturated carbocycles. The van der Waals surface area contributed by atoms with Crippen LogP contribution in [0.25, 0.3) is 0 Å². The van der Waals surface area contributed by atoms with Crippen LogP contribution in [0.3, 0.4) is 0 Å². The second-order valence-electron chi connectivity index (χ2n) is 9.84. The van der Waals surface area contributed by atoms with Crippen molar-refractivity contribution < 1.29 is 17.2 Å². The van der Waals surface area contributed by atoms with Crippen molar-refractivity contribution in [3.8, 4) is 0 Å². The summed E-state index contributed by atoms with van der Waals surface area (Å²) in [4.78, 5) is 0. The van der Waals surface area contributed by atoms with Gasteiger partial charge in [-0.25, -0.2) is 4.18 Å². The standard InChI is InChI=1S/C28H56O4S/c1-3-5-7-9-10-11-12-13-14-15-16-17-18-19-20-21-22-24-26-28(25-23-8-6-4-2)27-32-33(29,30)31/h24,26,28H,3-23,25,27H2,1-2H3,(H,29,30,31)/b26-24+. The van der Waals surface area contributed by atoms with E-state index in [0.29, 0.717) is 0 Å². The molecule has 0 spiro atoms. The molecule has 1 atom stereocenters. The highest BCUT2D eigenvalue weighted by Crippen LogP contribution is 2.16. The molecule has 0 fully saturated rings. The van der Waals surface area contributed by atoms with Crippen LogP contribution < -0.4 is 0 Å². The van der Waals surface area contributed by atoms with Gasteiger partial charge in [-0.05, 0) is 19.3 Å². The lowest BCUT2D eigenvalue weighted by atomic mass is 10.00. The maximum atomic E-state index is 10.9. The minimum atomic E-state index is -4.35. The number of hydrogen-bond acceptors (Lipinski definition) is 3. The van der Waals surface area contributed by atoms with Crippen molar-refractivity contribution in [1.29, 1.82) is 0 Å². The Kier molecular flexibility index (Phi) is 24.4. The lowest BCUT2D eigenvalue weighted by Gasteiger charge is -2.11. The molecule has 0 bridgehead atoms. The Morgan fingerprint density at radius 1 is 0.636 bits per heavy atom. The summed E-state index contributed by atoms with van der Waals surface area (Å²) in [6.45, 7) is 4.50. The van der Waals surface area contributed by atoms with Gasteiger partial charge >= 0.3 is 10.4 Å². The number of rotatable bonds is 26. The van der Waals surface area contributed by atoms with Gasteiger partial charge in [0, 0.05) is 5.92 Å². The molecular weight excluding hydrogens is 432 g/mol. The fourth-order valence-electron chi connectivity index (χ4n) is 4.34. The second kappa shape index (κ2) is 24.7. The molecule has 198 valence electrons. The Morgan fingerprint density at radius 3 is 1.45 bits per heavy atom. The molecular formula is C28H56O4S. The molecule has 0 aromatic rings. The van der Waals surface area contributed by atoms with Crippen LogP contribution in [0.15, 0.2) is 12.2 Å². The molecule has 1 N–H and O–H groups in total. The van der Waals surface area contributed by atoms with Crippen molar-refractivity contribution in [3.63, 3.8) is 0 Å². The van der Waals surface area contributed by atoms with E-state index in [1.165, 1.54) is 116 Å². The molecule has 0 aromatic heterocycles. The Morgan fingerprint density at radius 2 is 1.03 bits per heavy atom. The van der Waals surface area contributed by atoms with Gasteiger partial charge in [0.05, 0.1) is 6.61 Å². The van der Waals surface area contributed by atoms with Gasteiger partial charge in [0.1, 0.15) is 0 Å². The van der Waals surface area contributed by atoms with Gasteiger partial charge < -0.3 is 0 Å². The minimum absolute atomic E-state index is 0.0421. The first-order chi connectivity index (χ1) is 16.0. The average molecular weight is 489 g/mol. The number of allylic oxidation sites excluding steroid dienone is 1. The van der Waals surface area contributed by atoms with Crippen LogP contribution in [0, 0.1) is 5.92 Å². The van der Waals surface area contributed by atoms with Crippen molar-refractivity contribution >= 4 is 10.4 Å². The molecule has 0 rings (SSSR count). The minimum Gasteiger partial charge on any atom is -0.264 e. The molecule has 0 aliphatic carbocycles. The van der Waals surface area contributed by atoms with Gasteiger partial charge in [0.25, 0.3) is 0 Å². The van der Waals surface area contributed by atoms with Crippen molar-refractivity contribution in [2.24, 2.45) is 5.92 Å². The zero-order valence-corrected chi connectivity index (χ0v) is 22.9. The third-order valence-corrected chi connectivity index (χ3v) is 6.93. The van der Waals surface area contributed by atoms with Crippen LogP contribution in [-0.2, 0) is 14.6 Å². The quantitative estimate of drug-likeness (QED) is 0.0747. The Balaban J connectivity index is 3.59. The van der Waals surface area contributed by atoms with E-state index >= 15 is 0 Å². The molecule has 0 aromatic carbocycles. The normalized spacial score (nSPS) is 13.2. The summed E-state index contributed by atoms with van der Waals surface area (Å²) in [5.74, 6) is 0.0600. The summed E-state index contributed by atoms with van der Waals surface area (Å²) >= 11 is 0. The molecule has 4 nitrogen and oxygen atoms in total. The third-order valence-electron chi connectivity index (χ3n) is 6.49. The number of unbranched alkanes of at least 4 members (excludes halogenated alkanes) is 19. The van der Waals surface area contributed by atoms with Crippen molar-refractivity contribution in [1.82, 2.24) is 0 Å². The summed E-state index contributed by atoms with van der Waals surface area (Å²) in [6, 6.07) is 0. The Hall–Kier alpha value is -0.390. The summed E-state index contributed by atoms with van der Waals surface area (Å²) in [5.41, 5.74) is 0.